The first-order chi connectivity index (χ1) is 11.7. The average molecular weight is 326 g/mol. The highest BCUT2D eigenvalue weighted by Gasteiger charge is 2.72. The van der Waals surface area contributed by atoms with E-state index >= 15 is 0 Å². The van der Waals surface area contributed by atoms with Crippen LogP contribution in [0.25, 0.3) is 0 Å². The molecule has 1 spiro atoms. The maximum absolute atomic E-state index is 13.1. The molecule has 0 radical (unpaired) electrons. The van der Waals surface area contributed by atoms with Gasteiger partial charge in [-0.15, -0.1) is 0 Å². The summed E-state index contributed by atoms with van der Waals surface area (Å²) in [5.41, 5.74) is 0.851. The van der Waals surface area contributed by atoms with Gasteiger partial charge in [0.1, 0.15) is 0 Å². The summed E-state index contributed by atoms with van der Waals surface area (Å²) >= 11 is 0. The van der Waals surface area contributed by atoms with E-state index in [1.807, 2.05) is 23.1 Å². The molecule has 3 aliphatic rings. The van der Waals surface area contributed by atoms with Crippen LogP contribution < -0.4 is 5.32 Å². The molecule has 1 aromatic carbocycles. The minimum atomic E-state index is -0.407. The minimum Gasteiger partial charge on any atom is -0.346 e. The van der Waals surface area contributed by atoms with Crippen molar-refractivity contribution in [2.45, 2.75) is 50.4 Å². The molecule has 0 aromatic heterocycles. The van der Waals surface area contributed by atoms with E-state index in [9.17, 15) is 9.59 Å². The van der Waals surface area contributed by atoms with Crippen molar-refractivity contribution in [3.63, 3.8) is 0 Å². The van der Waals surface area contributed by atoms with Crippen LogP contribution in [0, 0.1) is 5.41 Å². The number of rotatable bonds is 4. The second-order valence-electron chi connectivity index (χ2n) is 7.71. The van der Waals surface area contributed by atoms with Crippen molar-refractivity contribution < 1.29 is 9.59 Å². The number of nitrogens with zero attached hydrogens (tertiary/aromatic N) is 1. The van der Waals surface area contributed by atoms with Crippen molar-refractivity contribution in [1.29, 1.82) is 0 Å². The maximum atomic E-state index is 13.1. The predicted molar refractivity (Wildman–Crippen MR) is 92.5 cm³/mol. The lowest BCUT2D eigenvalue weighted by Gasteiger charge is -2.23. The lowest BCUT2D eigenvalue weighted by Crippen LogP contribution is -2.44. The number of carbonyl (C=O) groups is 2. The van der Waals surface area contributed by atoms with Gasteiger partial charge in [-0.25, -0.2) is 0 Å². The van der Waals surface area contributed by atoms with Crippen LogP contribution in [0.15, 0.2) is 30.3 Å². The summed E-state index contributed by atoms with van der Waals surface area (Å²) in [5, 5.41) is 2.98. The molecule has 0 unspecified atom stereocenters. The van der Waals surface area contributed by atoms with Crippen LogP contribution in [0.2, 0.25) is 0 Å². The van der Waals surface area contributed by atoms with Crippen LogP contribution in [0.1, 0.15) is 50.5 Å². The summed E-state index contributed by atoms with van der Waals surface area (Å²) in [7, 11) is 0. The molecule has 24 heavy (non-hydrogen) atoms. The van der Waals surface area contributed by atoms with E-state index < -0.39 is 5.41 Å². The average Bonchev–Trinajstić information content (AvgIpc) is 3.00. The number of carbonyl (C=O) groups excluding carboxylic acids is 2. The Labute approximate surface area is 143 Å². The number of likely N-dealkylation sites (tertiary alicyclic amines) is 1. The van der Waals surface area contributed by atoms with E-state index in [-0.39, 0.29) is 23.8 Å². The molecule has 1 aromatic rings. The number of nitrogens with one attached hydrogen (secondary N) is 1. The van der Waals surface area contributed by atoms with Crippen molar-refractivity contribution in [1.82, 2.24) is 10.2 Å². The predicted octanol–water partition coefficient (Wildman–Crippen LogP) is 2.63. The van der Waals surface area contributed by atoms with Gasteiger partial charge in [-0.1, -0.05) is 43.2 Å². The largest absolute Gasteiger partial charge is 0.346 e. The van der Waals surface area contributed by atoms with E-state index in [1.54, 1.807) is 0 Å². The third-order valence-electron chi connectivity index (χ3n) is 6.46. The molecule has 1 N–H and O–H groups in total. The molecule has 1 atom stereocenters. The van der Waals surface area contributed by atoms with Gasteiger partial charge in [0.2, 0.25) is 11.8 Å². The summed E-state index contributed by atoms with van der Waals surface area (Å²) in [6, 6.07) is 10.2. The molecule has 1 aliphatic heterocycles. The van der Waals surface area contributed by atoms with Gasteiger partial charge in [0, 0.05) is 13.1 Å². The van der Waals surface area contributed by atoms with E-state index in [0.717, 1.165) is 50.8 Å². The summed E-state index contributed by atoms with van der Waals surface area (Å²) in [5.74, 6) is 0.119. The maximum Gasteiger partial charge on any atom is 0.241 e. The van der Waals surface area contributed by atoms with Crippen LogP contribution in [0.3, 0.4) is 0 Å². The summed E-state index contributed by atoms with van der Waals surface area (Å²) in [4.78, 5) is 27.3. The second-order valence-corrected chi connectivity index (χ2v) is 7.71. The molecule has 3 fully saturated rings. The molecule has 2 aliphatic carbocycles. The van der Waals surface area contributed by atoms with Crippen molar-refractivity contribution in [3.05, 3.63) is 35.9 Å². The number of hydrogen-bond donors (Lipinski definition) is 1. The first kappa shape index (κ1) is 15.7. The molecule has 4 rings (SSSR count). The van der Waals surface area contributed by atoms with Crippen LogP contribution in [0.4, 0.5) is 0 Å². The van der Waals surface area contributed by atoms with Gasteiger partial charge < -0.3 is 10.2 Å². The van der Waals surface area contributed by atoms with E-state index in [0.29, 0.717) is 0 Å². The molecule has 4 heteroatoms. The van der Waals surface area contributed by atoms with Crippen LogP contribution in [-0.4, -0.2) is 36.3 Å². The van der Waals surface area contributed by atoms with Crippen molar-refractivity contribution in [2.75, 3.05) is 19.6 Å². The SMILES string of the molecule is O=C(CNC(=O)[C@@]1(c2ccccc2)CC12CCCC2)N1CCCC1. The van der Waals surface area contributed by atoms with Gasteiger partial charge in [-0.3, -0.25) is 9.59 Å². The fraction of sp³-hybridized carbons (Fsp3) is 0.600. The van der Waals surface area contributed by atoms with Gasteiger partial charge in [0.15, 0.2) is 0 Å². The van der Waals surface area contributed by atoms with Crippen LogP contribution >= 0.6 is 0 Å². The lowest BCUT2D eigenvalue weighted by molar-refractivity contribution is -0.133. The first-order valence-corrected chi connectivity index (χ1v) is 9.30. The minimum absolute atomic E-state index is 0.0585. The first-order valence-electron chi connectivity index (χ1n) is 9.30. The highest BCUT2D eigenvalue weighted by atomic mass is 16.2. The van der Waals surface area contributed by atoms with E-state index in [4.69, 9.17) is 0 Å². The standard InChI is InChI=1S/C20H26N2O2/c23-17(22-12-6-7-13-22)14-21-18(24)20(16-8-2-1-3-9-16)15-19(20)10-4-5-11-19/h1-3,8-9H,4-7,10-15H2,(H,21,24)/t20-/m0/s1. The van der Waals surface area contributed by atoms with E-state index in [2.05, 4.69) is 17.4 Å². The summed E-state index contributed by atoms with van der Waals surface area (Å²) in [6.07, 6.45) is 7.80. The van der Waals surface area contributed by atoms with Gasteiger partial charge in [0.25, 0.3) is 0 Å². The quantitative estimate of drug-likeness (QED) is 0.925. The molecule has 4 nitrogen and oxygen atoms in total. The Morgan fingerprint density at radius 3 is 2.33 bits per heavy atom. The Morgan fingerprint density at radius 1 is 1.00 bits per heavy atom. The third-order valence-corrected chi connectivity index (χ3v) is 6.46. The molecule has 2 saturated carbocycles. The molecule has 0 bridgehead atoms. The Hall–Kier alpha value is -1.84. The fourth-order valence-electron chi connectivity index (χ4n) is 5.09. The van der Waals surface area contributed by atoms with Gasteiger partial charge in [-0.2, -0.15) is 0 Å². The van der Waals surface area contributed by atoms with Crippen molar-refractivity contribution in [3.8, 4) is 0 Å². The topological polar surface area (TPSA) is 49.4 Å². The molecule has 128 valence electrons. The monoisotopic (exact) mass is 326 g/mol. The van der Waals surface area contributed by atoms with Gasteiger partial charge in [0.05, 0.1) is 12.0 Å². The Balaban J connectivity index is 1.50. The Kier molecular flexibility index (Phi) is 3.86. The molecule has 1 saturated heterocycles. The van der Waals surface area contributed by atoms with Crippen molar-refractivity contribution in [2.24, 2.45) is 5.41 Å². The number of hydrogen-bond acceptors (Lipinski definition) is 2. The van der Waals surface area contributed by atoms with Crippen LogP contribution in [-0.2, 0) is 15.0 Å². The summed E-state index contributed by atoms with van der Waals surface area (Å²) < 4.78 is 0. The smallest absolute Gasteiger partial charge is 0.241 e. The van der Waals surface area contributed by atoms with Gasteiger partial charge >= 0.3 is 0 Å². The molecular weight excluding hydrogens is 300 g/mol. The van der Waals surface area contributed by atoms with Gasteiger partial charge in [-0.05, 0) is 43.1 Å². The van der Waals surface area contributed by atoms with Crippen LogP contribution in [0.5, 0.6) is 0 Å². The third kappa shape index (κ3) is 2.35. The highest BCUT2D eigenvalue weighted by Crippen LogP contribution is 2.72. The zero-order chi connectivity index (χ0) is 16.6. The number of amides is 2. The Morgan fingerprint density at radius 2 is 1.67 bits per heavy atom. The zero-order valence-electron chi connectivity index (χ0n) is 14.2. The Bertz CT molecular complexity index is 630. The highest BCUT2D eigenvalue weighted by molar-refractivity contribution is 5.95. The van der Waals surface area contributed by atoms with E-state index in [1.165, 1.54) is 12.8 Å². The lowest BCUT2D eigenvalue weighted by atomic mass is 9.84. The summed E-state index contributed by atoms with van der Waals surface area (Å²) in [6.45, 7) is 1.81. The molecule has 2 amide bonds. The molecular formula is C20H26N2O2. The molecule has 1 heterocycles. The zero-order valence-corrected chi connectivity index (χ0v) is 14.2. The van der Waals surface area contributed by atoms with Crippen molar-refractivity contribution >= 4 is 11.8 Å². The normalized spacial score (nSPS) is 27.4. The second kappa shape index (κ2) is 5.91. The fourth-order valence-corrected chi connectivity index (χ4v) is 5.09. The number of benzene rings is 1.